The number of hydrogen-bond donors (Lipinski definition) is 1. The Kier molecular flexibility index (Phi) is 5.42. The minimum atomic E-state index is 0.284. The molecule has 0 aromatic carbocycles. The summed E-state index contributed by atoms with van der Waals surface area (Å²) in [6, 6.07) is 0. The molecule has 0 spiro atoms. The van der Waals surface area contributed by atoms with Gasteiger partial charge in [-0.1, -0.05) is 0 Å². The third-order valence-corrected chi connectivity index (χ3v) is 3.78. The molecule has 0 saturated carbocycles. The van der Waals surface area contributed by atoms with Gasteiger partial charge in [0, 0.05) is 51.7 Å². The average molecular weight is 240 g/mol. The first kappa shape index (κ1) is 13.0. The highest BCUT2D eigenvalue weighted by Crippen LogP contribution is 2.17. The summed E-state index contributed by atoms with van der Waals surface area (Å²) < 4.78 is 5.28. The van der Waals surface area contributed by atoms with Gasteiger partial charge < -0.3 is 15.0 Å². The quantitative estimate of drug-likeness (QED) is 0.767. The number of nitrogens with zero attached hydrogens (tertiary/aromatic N) is 1. The summed E-state index contributed by atoms with van der Waals surface area (Å²) >= 11 is 0. The lowest BCUT2D eigenvalue weighted by molar-refractivity contribution is -0.125. The fourth-order valence-corrected chi connectivity index (χ4v) is 2.64. The van der Waals surface area contributed by atoms with E-state index in [9.17, 15) is 4.79 Å². The summed E-state index contributed by atoms with van der Waals surface area (Å²) in [5.74, 6) is 0.746. The van der Waals surface area contributed by atoms with Crippen molar-refractivity contribution in [3.8, 4) is 0 Å². The number of nitrogens with one attached hydrogen (secondary N) is 1. The highest BCUT2D eigenvalue weighted by Gasteiger charge is 2.21. The van der Waals surface area contributed by atoms with Crippen molar-refractivity contribution in [2.45, 2.75) is 25.7 Å². The molecule has 4 heteroatoms. The fourth-order valence-electron chi connectivity index (χ4n) is 2.64. The Balaban J connectivity index is 1.58. The van der Waals surface area contributed by atoms with Gasteiger partial charge in [-0.05, 0) is 25.8 Å². The smallest absolute Gasteiger partial charge is 0.136 e. The van der Waals surface area contributed by atoms with Crippen LogP contribution in [-0.4, -0.2) is 56.6 Å². The Morgan fingerprint density at radius 1 is 1.24 bits per heavy atom. The summed E-state index contributed by atoms with van der Waals surface area (Å²) in [5.41, 5.74) is 0. The zero-order valence-electron chi connectivity index (χ0n) is 10.6. The van der Waals surface area contributed by atoms with E-state index in [1.54, 1.807) is 0 Å². The van der Waals surface area contributed by atoms with Crippen LogP contribution in [0.4, 0.5) is 0 Å². The topological polar surface area (TPSA) is 41.6 Å². The van der Waals surface area contributed by atoms with Gasteiger partial charge in [0.2, 0.25) is 0 Å². The van der Waals surface area contributed by atoms with E-state index in [1.807, 2.05) is 0 Å². The van der Waals surface area contributed by atoms with Crippen LogP contribution in [0.15, 0.2) is 0 Å². The van der Waals surface area contributed by atoms with Crippen molar-refractivity contribution < 1.29 is 9.53 Å². The van der Waals surface area contributed by atoms with Crippen molar-refractivity contribution in [3.63, 3.8) is 0 Å². The molecule has 0 atom stereocenters. The second-order valence-corrected chi connectivity index (χ2v) is 5.05. The van der Waals surface area contributed by atoms with Crippen molar-refractivity contribution >= 4 is 5.78 Å². The van der Waals surface area contributed by atoms with Crippen LogP contribution in [0, 0.1) is 5.92 Å². The summed E-state index contributed by atoms with van der Waals surface area (Å²) in [6.07, 6.45) is 3.66. The minimum absolute atomic E-state index is 0.284. The molecule has 2 aliphatic rings. The number of carbonyl (C=O) groups is 1. The molecule has 4 nitrogen and oxygen atoms in total. The van der Waals surface area contributed by atoms with Crippen LogP contribution in [0.2, 0.25) is 0 Å². The summed E-state index contributed by atoms with van der Waals surface area (Å²) in [7, 11) is 0. The first-order valence-electron chi connectivity index (χ1n) is 6.90. The third-order valence-electron chi connectivity index (χ3n) is 3.78. The van der Waals surface area contributed by atoms with Crippen LogP contribution in [0.1, 0.15) is 25.7 Å². The Labute approximate surface area is 104 Å². The molecule has 0 bridgehead atoms. The van der Waals surface area contributed by atoms with Crippen LogP contribution in [0.5, 0.6) is 0 Å². The van der Waals surface area contributed by atoms with Gasteiger partial charge in [-0.15, -0.1) is 0 Å². The molecule has 2 fully saturated rings. The van der Waals surface area contributed by atoms with Crippen molar-refractivity contribution in [3.05, 3.63) is 0 Å². The van der Waals surface area contributed by atoms with Gasteiger partial charge in [-0.25, -0.2) is 0 Å². The molecule has 98 valence electrons. The molecular weight excluding hydrogens is 216 g/mol. The van der Waals surface area contributed by atoms with E-state index >= 15 is 0 Å². The van der Waals surface area contributed by atoms with Gasteiger partial charge in [-0.3, -0.25) is 4.79 Å². The Morgan fingerprint density at radius 3 is 2.65 bits per heavy atom. The third kappa shape index (κ3) is 4.37. The lowest BCUT2D eigenvalue weighted by Gasteiger charge is -2.27. The van der Waals surface area contributed by atoms with E-state index in [4.69, 9.17) is 4.74 Å². The molecule has 2 heterocycles. The highest BCUT2D eigenvalue weighted by molar-refractivity contribution is 5.81. The standard InChI is InChI=1S/C13H24N2O2/c16-13(12-3-10-17-11-4-12)2-1-7-15-8-5-14-6-9-15/h12,14H,1-11H2. The van der Waals surface area contributed by atoms with Gasteiger partial charge in [-0.2, -0.15) is 0 Å². The molecule has 2 rings (SSSR count). The normalized spacial score (nSPS) is 23.8. The number of Topliss-reactive ketones (excluding diaryl/α,β-unsaturated/α-hetero) is 1. The van der Waals surface area contributed by atoms with E-state index < -0.39 is 0 Å². The zero-order chi connectivity index (χ0) is 11.9. The van der Waals surface area contributed by atoms with Gasteiger partial charge >= 0.3 is 0 Å². The number of ketones is 1. The van der Waals surface area contributed by atoms with Crippen molar-refractivity contribution in [2.24, 2.45) is 5.92 Å². The maximum absolute atomic E-state index is 12.0. The predicted molar refractivity (Wildman–Crippen MR) is 67.1 cm³/mol. The van der Waals surface area contributed by atoms with E-state index in [0.29, 0.717) is 5.78 Å². The first-order valence-corrected chi connectivity index (χ1v) is 6.90. The largest absolute Gasteiger partial charge is 0.381 e. The lowest BCUT2D eigenvalue weighted by Crippen LogP contribution is -2.43. The maximum Gasteiger partial charge on any atom is 0.136 e. The molecule has 2 aliphatic heterocycles. The Hall–Kier alpha value is -0.450. The SMILES string of the molecule is O=C(CCCN1CCNCC1)C1CCOCC1. The molecule has 0 aliphatic carbocycles. The van der Waals surface area contributed by atoms with Gasteiger partial charge in [0.15, 0.2) is 0 Å². The molecule has 0 radical (unpaired) electrons. The van der Waals surface area contributed by atoms with Gasteiger partial charge in [0.25, 0.3) is 0 Å². The summed E-state index contributed by atoms with van der Waals surface area (Å²) in [4.78, 5) is 14.4. The number of hydrogen-bond acceptors (Lipinski definition) is 4. The van der Waals surface area contributed by atoms with Crippen LogP contribution < -0.4 is 5.32 Å². The van der Waals surface area contributed by atoms with E-state index in [0.717, 1.165) is 71.6 Å². The Morgan fingerprint density at radius 2 is 1.94 bits per heavy atom. The number of piperazine rings is 1. The first-order chi connectivity index (χ1) is 8.36. The molecule has 0 aromatic rings. The van der Waals surface area contributed by atoms with Crippen LogP contribution in [0.25, 0.3) is 0 Å². The van der Waals surface area contributed by atoms with Crippen LogP contribution in [0.3, 0.4) is 0 Å². The van der Waals surface area contributed by atoms with Crippen LogP contribution >= 0.6 is 0 Å². The van der Waals surface area contributed by atoms with Gasteiger partial charge in [0.05, 0.1) is 0 Å². The minimum Gasteiger partial charge on any atom is -0.381 e. The molecule has 0 aromatic heterocycles. The molecule has 0 unspecified atom stereocenters. The maximum atomic E-state index is 12.0. The second-order valence-electron chi connectivity index (χ2n) is 5.05. The Bertz CT molecular complexity index is 234. The molecule has 0 amide bonds. The molecule has 2 saturated heterocycles. The summed E-state index contributed by atoms with van der Waals surface area (Å²) in [6.45, 7) is 7.07. The van der Waals surface area contributed by atoms with E-state index in [-0.39, 0.29) is 5.92 Å². The molecular formula is C13H24N2O2. The molecule has 1 N–H and O–H groups in total. The highest BCUT2D eigenvalue weighted by atomic mass is 16.5. The zero-order valence-corrected chi connectivity index (χ0v) is 10.6. The summed E-state index contributed by atoms with van der Waals surface area (Å²) in [5, 5.41) is 3.34. The van der Waals surface area contributed by atoms with Crippen LogP contribution in [-0.2, 0) is 9.53 Å². The van der Waals surface area contributed by atoms with E-state index in [1.165, 1.54) is 0 Å². The number of ether oxygens (including phenoxy) is 1. The monoisotopic (exact) mass is 240 g/mol. The number of rotatable bonds is 5. The predicted octanol–water partition coefficient (Wildman–Crippen LogP) is 0.668. The van der Waals surface area contributed by atoms with Crippen molar-refractivity contribution in [2.75, 3.05) is 45.9 Å². The van der Waals surface area contributed by atoms with Gasteiger partial charge in [0.1, 0.15) is 5.78 Å². The molecule has 17 heavy (non-hydrogen) atoms. The van der Waals surface area contributed by atoms with Crippen molar-refractivity contribution in [1.82, 2.24) is 10.2 Å². The van der Waals surface area contributed by atoms with Crippen molar-refractivity contribution in [1.29, 1.82) is 0 Å². The number of carbonyl (C=O) groups excluding carboxylic acids is 1. The lowest BCUT2D eigenvalue weighted by atomic mass is 9.93. The average Bonchev–Trinajstić information content (AvgIpc) is 2.41. The fraction of sp³-hybridized carbons (Fsp3) is 0.923. The second kappa shape index (κ2) is 7.09. The van der Waals surface area contributed by atoms with E-state index in [2.05, 4.69) is 10.2 Å².